The minimum Gasteiger partial charge on any atom is -0.377 e. The van der Waals surface area contributed by atoms with Crippen LogP contribution in [0.15, 0.2) is 0 Å². The average Bonchev–Trinajstić information content (AvgIpc) is 2.43. The minimum absolute atomic E-state index is 0.0491. The van der Waals surface area contributed by atoms with E-state index in [1.54, 1.807) is 0 Å². The van der Waals surface area contributed by atoms with Crippen molar-refractivity contribution in [3.05, 3.63) is 0 Å². The lowest BCUT2D eigenvalue weighted by atomic mass is 10.1. The summed E-state index contributed by atoms with van der Waals surface area (Å²) in [4.78, 5) is 2.48. The lowest BCUT2D eigenvalue weighted by Gasteiger charge is -2.33. The zero-order chi connectivity index (χ0) is 13.9. The van der Waals surface area contributed by atoms with Crippen molar-refractivity contribution in [3.63, 3.8) is 0 Å². The molecule has 0 aromatic rings. The van der Waals surface area contributed by atoms with Gasteiger partial charge in [0.2, 0.25) is 0 Å². The number of nitrogens with zero attached hydrogens (tertiary/aromatic N) is 1. The first-order valence-electron chi connectivity index (χ1n) is 7.87. The second-order valence-electron chi connectivity index (χ2n) is 5.06. The Balaban J connectivity index is 2.22. The fourth-order valence-electron chi connectivity index (χ4n) is 2.51. The van der Waals surface area contributed by atoms with Gasteiger partial charge in [-0.2, -0.15) is 0 Å². The van der Waals surface area contributed by atoms with E-state index < -0.39 is 0 Å². The Labute approximate surface area is 118 Å². The van der Waals surface area contributed by atoms with Gasteiger partial charge in [-0.1, -0.05) is 6.92 Å². The zero-order valence-electron chi connectivity index (χ0n) is 12.9. The van der Waals surface area contributed by atoms with Crippen molar-refractivity contribution < 1.29 is 14.2 Å². The predicted octanol–water partition coefficient (Wildman–Crippen LogP) is 2.67. The van der Waals surface area contributed by atoms with Gasteiger partial charge in [-0.05, 0) is 39.7 Å². The summed E-state index contributed by atoms with van der Waals surface area (Å²) in [6.45, 7) is 11.8. The van der Waals surface area contributed by atoms with Crippen LogP contribution in [0.5, 0.6) is 0 Å². The Morgan fingerprint density at radius 3 is 2.53 bits per heavy atom. The van der Waals surface area contributed by atoms with Gasteiger partial charge < -0.3 is 19.1 Å². The number of piperidine rings is 1. The Hall–Kier alpha value is -0.160. The molecule has 4 nitrogen and oxygen atoms in total. The molecule has 0 aromatic carbocycles. The Morgan fingerprint density at radius 2 is 1.89 bits per heavy atom. The fourth-order valence-corrected chi connectivity index (χ4v) is 2.51. The van der Waals surface area contributed by atoms with E-state index in [0.717, 1.165) is 32.5 Å². The predicted molar refractivity (Wildman–Crippen MR) is 77.4 cm³/mol. The van der Waals surface area contributed by atoms with Crippen LogP contribution in [0.4, 0.5) is 0 Å². The van der Waals surface area contributed by atoms with E-state index in [4.69, 9.17) is 14.2 Å². The highest BCUT2D eigenvalue weighted by atomic mass is 16.7. The molecule has 0 aliphatic carbocycles. The van der Waals surface area contributed by atoms with Crippen LogP contribution in [-0.4, -0.2) is 56.7 Å². The summed E-state index contributed by atoms with van der Waals surface area (Å²) in [6, 6.07) is 0. The fraction of sp³-hybridized carbons (Fsp3) is 1.00. The molecule has 1 unspecified atom stereocenters. The molecule has 4 heteroatoms. The van der Waals surface area contributed by atoms with Crippen LogP contribution in [0.3, 0.4) is 0 Å². The molecule has 1 aliphatic rings. The maximum Gasteiger partial charge on any atom is 0.158 e. The molecule has 0 bridgehead atoms. The number of ether oxygens (including phenoxy) is 3. The topological polar surface area (TPSA) is 30.9 Å². The van der Waals surface area contributed by atoms with E-state index in [2.05, 4.69) is 11.8 Å². The molecule has 0 radical (unpaired) electrons. The third-order valence-corrected chi connectivity index (χ3v) is 3.41. The molecule has 0 aromatic heterocycles. The number of hydrogen-bond donors (Lipinski definition) is 0. The molecular formula is C15H31NO3. The Morgan fingerprint density at radius 1 is 1.16 bits per heavy atom. The van der Waals surface area contributed by atoms with Crippen molar-refractivity contribution >= 4 is 0 Å². The van der Waals surface area contributed by atoms with Gasteiger partial charge in [0.25, 0.3) is 0 Å². The quantitative estimate of drug-likeness (QED) is 0.573. The highest BCUT2D eigenvalue weighted by Gasteiger charge is 2.21. The van der Waals surface area contributed by atoms with Crippen LogP contribution < -0.4 is 0 Å². The number of likely N-dealkylation sites (tertiary alicyclic amines) is 1. The van der Waals surface area contributed by atoms with Crippen LogP contribution in [0.2, 0.25) is 0 Å². The monoisotopic (exact) mass is 273 g/mol. The summed E-state index contributed by atoms with van der Waals surface area (Å²) < 4.78 is 17.0. The van der Waals surface area contributed by atoms with Crippen molar-refractivity contribution in [2.75, 3.05) is 39.5 Å². The molecule has 19 heavy (non-hydrogen) atoms. The van der Waals surface area contributed by atoms with Crippen molar-refractivity contribution in [2.45, 2.75) is 58.8 Å². The summed E-state index contributed by atoms with van der Waals surface area (Å²) >= 11 is 0. The second kappa shape index (κ2) is 10.6. The van der Waals surface area contributed by atoms with Crippen molar-refractivity contribution in [1.29, 1.82) is 0 Å². The summed E-state index contributed by atoms with van der Waals surface area (Å²) in [6.07, 6.45) is 4.87. The lowest BCUT2D eigenvalue weighted by molar-refractivity contribution is -0.143. The van der Waals surface area contributed by atoms with E-state index >= 15 is 0 Å². The normalized spacial score (nSPS) is 21.2. The largest absolute Gasteiger partial charge is 0.377 e. The molecule has 1 rings (SSSR count). The molecule has 0 amide bonds. The van der Waals surface area contributed by atoms with Gasteiger partial charge in [0.1, 0.15) is 0 Å². The molecule has 0 N–H and O–H groups in total. The van der Waals surface area contributed by atoms with Gasteiger partial charge in [-0.3, -0.25) is 0 Å². The van der Waals surface area contributed by atoms with Crippen molar-refractivity contribution in [1.82, 2.24) is 4.90 Å². The third kappa shape index (κ3) is 7.25. The van der Waals surface area contributed by atoms with Crippen LogP contribution in [-0.2, 0) is 14.2 Å². The number of hydrogen-bond acceptors (Lipinski definition) is 4. The second-order valence-corrected chi connectivity index (χ2v) is 5.06. The van der Waals surface area contributed by atoms with E-state index in [0.29, 0.717) is 19.3 Å². The van der Waals surface area contributed by atoms with E-state index in [1.807, 2.05) is 13.8 Å². The smallest absolute Gasteiger partial charge is 0.158 e. The van der Waals surface area contributed by atoms with Crippen LogP contribution in [0, 0.1) is 0 Å². The van der Waals surface area contributed by atoms with Crippen LogP contribution >= 0.6 is 0 Å². The van der Waals surface area contributed by atoms with Gasteiger partial charge >= 0.3 is 0 Å². The van der Waals surface area contributed by atoms with Crippen molar-refractivity contribution in [2.24, 2.45) is 0 Å². The van der Waals surface area contributed by atoms with E-state index in [9.17, 15) is 0 Å². The average molecular weight is 273 g/mol. The first-order valence-corrected chi connectivity index (χ1v) is 7.87. The molecule has 114 valence electrons. The Bertz CT molecular complexity index is 208. The molecule has 1 fully saturated rings. The van der Waals surface area contributed by atoms with Crippen LogP contribution in [0.1, 0.15) is 46.5 Å². The standard InChI is InChI=1S/C15H31NO3/c1-4-12-19-14-8-7-10-16(13-14)11-9-15(17-5-2)18-6-3/h14-15H,4-13H2,1-3H3. The molecular weight excluding hydrogens is 242 g/mol. The van der Waals surface area contributed by atoms with Gasteiger partial charge in [0, 0.05) is 39.3 Å². The maximum atomic E-state index is 5.86. The molecule has 0 spiro atoms. The number of rotatable bonds is 10. The van der Waals surface area contributed by atoms with Gasteiger partial charge in [0.05, 0.1) is 6.10 Å². The van der Waals surface area contributed by atoms with E-state index in [-0.39, 0.29) is 6.29 Å². The van der Waals surface area contributed by atoms with Gasteiger partial charge in [-0.15, -0.1) is 0 Å². The summed E-state index contributed by atoms with van der Waals surface area (Å²) in [7, 11) is 0. The summed E-state index contributed by atoms with van der Waals surface area (Å²) in [5.74, 6) is 0. The van der Waals surface area contributed by atoms with Gasteiger partial charge in [-0.25, -0.2) is 0 Å². The zero-order valence-corrected chi connectivity index (χ0v) is 12.9. The maximum absolute atomic E-state index is 5.86. The molecule has 1 aliphatic heterocycles. The molecule has 0 saturated carbocycles. The summed E-state index contributed by atoms with van der Waals surface area (Å²) in [5.41, 5.74) is 0. The molecule has 1 saturated heterocycles. The summed E-state index contributed by atoms with van der Waals surface area (Å²) in [5, 5.41) is 0. The van der Waals surface area contributed by atoms with E-state index in [1.165, 1.54) is 19.4 Å². The minimum atomic E-state index is -0.0491. The first kappa shape index (κ1) is 16.9. The molecule has 1 atom stereocenters. The van der Waals surface area contributed by atoms with Crippen LogP contribution in [0.25, 0.3) is 0 Å². The SMILES string of the molecule is CCCOC1CCCN(CCC(OCC)OCC)C1. The Kier molecular flexibility index (Phi) is 9.43. The highest BCUT2D eigenvalue weighted by molar-refractivity contribution is 4.73. The third-order valence-electron chi connectivity index (χ3n) is 3.41. The molecule has 1 heterocycles. The first-order chi connectivity index (χ1) is 9.30. The highest BCUT2D eigenvalue weighted by Crippen LogP contribution is 2.14. The van der Waals surface area contributed by atoms with Crippen molar-refractivity contribution in [3.8, 4) is 0 Å². The lowest BCUT2D eigenvalue weighted by Crippen LogP contribution is -2.41. The van der Waals surface area contributed by atoms with Gasteiger partial charge in [0.15, 0.2) is 6.29 Å².